The van der Waals surface area contributed by atoms with Gasteiger partial charge < -0.3 is 9.47 Å². The molecule has 3 heteroatoms. The average Bonchev–Trinajstić information content (AvgIpc) is 2.15. The van der Waals surface area contributed by atoms with E-state index in [9.17, 15) is 0 Å². The minimum Gasteiger partial charge on any atom is -0.359 e. The van der Waals surface area contributed by atoms with E-state index in [4.69, 9.17) is 9.47 Å². The summed E-state index contributed by atoms with van der Waals surface area (Å²) in [7, 11) is 1.65. The molecule has 0 heterocycles. The molecule has 0 amide bonds. The molecular formula is C10H15IO2. The Morgan fingerprint density at radius 2 is 2.38 bits per heavy atom. The van der Waals surface area contributed by atoms with Gasteiger partial charge in [-0.3, -0.25) is 0 Å². The van der Waals surface area contributed by atoms with Crippen LogP contribution >= 0.6 is 22.6 Å². The van der Waals surface area contributed by atoms with Gasteiger partial charge in [0.05, 0.1) is 5.60 Å². The second kappa shape index (κ2) is 5.12. The molecule has 0 aromatic rings. The van der Waals surface area contributed by atoms with Crippen molar-refractivity contribution in [3.8, 4) is 0 Å². The lowest BCUT2D eigenvalue weighted by atomic mass is 9.92. The first-order valence-corrected chi connectivity index (χ1v) is 5.48. The predicted octanol–water partition coefficient (Wildman–Crippen LogP) is 3.03. The van der Waals surface area contributed by atoms with E-state index in [1.54, 1.807) is 7.11 Å². The first-order chi connectivity index (χ1) is 6.22. The molecule has 1 aliphatic carbocycles. The lowest BCUT2D eigenvalue weighted by Crippen LogP contribution is -2.31. The Kier molecular flexibility index (Phi) is 4.41. The Bertz CT molecular complexity index is 223. The van der Waals surface area contributed by atoms with Crippen molar-refractivity contribution in [2.24, 2.45) is 0 Å². The molecule has 1 aliphatic rings. The van der Waals surface area contributed by atoms with Gasteiger partial charge in [0.2, 0.25) is 0 Å². The average molecular weight is 294 g/mol. The third-order valence-electron chi connectivity index (χ3n) is 2.20. The zero-order valence-corrected chi connectivity index (χ0v) is 10.2. The summed E-state index contributed by atoms with van der Waals surface area (Å²) in [6.45, 7) is 2.50. The van der Waals surface area contributed by atoms with Crippen molar-refractivity contribution in [1.82, 2.24) is 0 Å². The highest BCUT2D eigenvalue weighted by Crippen LogP contribution is 2.30. The number of ether oxygens (including phenoxy) is 2. The summed E-state index contributed by atoms with van der Waals surface area (Å²) in [6.07, 6.45) is 8.37. The molecule has 0 saturated carbocycles. The van der Waals surface area contributed by atoms with Gasteiger partial charge >= 0.3 is 0 Å². The van der Waals surface area contributed by atoms with E-state index in [1.165, 1.54) is 3.58 Å². The molecule has 2 nitrogen and oxygen atoms in total. The second-order valence-electron chi connectivity index (χ2n) is 3.10. The van der Waals surface area contributed by atoms with Crippen molar-refractivity contribution >= 4 is 22.6 Å². The van der Waals surface area contributed by atoms with Crippen LogP contribution < -0.4 is 0 Å². The molecule has 0 aromatic carbocycles. The molecule has 1 rings (SSSR count). The van der Waals surface area contributed by atoms with E-state index in [-0.39, 0.29) is 5.60 Å². The van der Waals surface area contributed by atoms with Crippen LogP contribution in [0.1, 0.15) is 19.8 Å². The van der Waals surface area contributed by atoms with E-state index in [1.807, 2.05) is 0 Å². The maximum absolute atomic E-state index is 5.68. The number of hydrogen-bond donors (Lipinski definition) is 0. The van der Waals surface area contributed by atoms with Crippen LogP contribution in [0.15, 0.2) is 21.8 Å². The van der Waals surface area contributed by atoms with Gasteiger partial charge in [-0.15, -0.1) is 0 Å². The molecule has 1 unspecified atom stereocenters. The van der Waals surface area contributed by atoms with Crippen LogP contribution in [-0.4, -0.2) is 19.5 Å². The third-order valence-corrected chi connectivity index (χ3v) is 2.88. The van der Waals surface area contributed by atoms with Crippen molar-refractivity contribution < 1.29 is 9.47 Å². The molecule has 1 atom stereocenters. The molecule has 0 aliphatic heterocycles. The van der Waals surface area contributed by atoms with Gasteiger partial charge in [0, 0.05) is 10.7 Å². The number of halogens is 1. The van der Waals surface area contributed by atoms with Crippen molar-refractivity contribution in [2.75, 3.05) is 13.9 Å². The third kappa shape index (κ3) is 3.07. The predicted molar refractivity (Wildman–Crippen MR) is 61.8 cm³/mol. The Morgan fingerprint density at radius 1 is 1.62 bits per heavy atom. The molecule has 0 fully saturated rings. The SMILES string of the molecule is CCC1(OCOC)C=C(I)C=CC1. The zero-order valence-electron chi connectivity index (χ0n) is 8.05. The maximum Gasteiger partial charge on any atom is 0.147 e. The fourth-order valence-electron chi connectivity index (χ4n) is 1.35. The van der Waals surface area contributed by atoms with Crippen molar-refractivity contribution in [2.45, 2.75) is 25.4 Å². The Morgan fingerprint density at radius 3 is 2.92 bits per heavy atom. The van der Waals surface area contributed by atoms with Crippen LogP contribution in [0.5, 0.6) is 0 Å². The summed E-state index contributed by atoms with van der Waals surface area (Å²) >= 11 is 2.31. The van der Waals surface area contributed by atoms with Crippen molar-refractivity contribution in [3.63, 3.8) is 0 Å². The van der Waals surface area contributed by atoms with Crippen LogP contribution in [-0.2, 0) is 9.47 Å². The van der Waals surface area contributed by atoms with E-state index >= 15 is 0 Å². The van der Waals surface area contributed by atoms with E-state index in [0.717, 1.165) is 12.8 Å². The van der Waals surface area contributed by atoms with Gasteiger partial charge in [0.25, 0.3) is 0 Å². The Hall–Kier alpha value is 0.130. The number of methoxy groups -OCH3 is 1. The molecule has 74 valence electrons. The summed E-state index contributed by atoms with van der Waals surface area (Å²) in [6, 6.07) is 0. The highest BCUT2D eigenvalue weighted by Gasteiger charge is 2.27. The summed E-state index contributed by atoms with van der Waals surface area (Å²) in [4.78, 5) is 0. The van der Waals surface area contributed by atoms with Crippen LogP contribution in [0.3, 0.4) is 0 Å². The first kappa shape index (κ1) is 11.2. The lowest BCUT2D eigenvalue weighted by Gasteiger charge is -2.30. The first-order valence-electron chi connectivity index (χ1n) is 4.40. The van der Waals surface area contributed by atoms with Gasteiger partial charge in [0.15, 0.2) is 0 Å². The minimum atomic E-state index is -0.138. The topological polar surface area (TPSA) is 18.5 Å². The highest BCUT2D eigenvalue weighted by molar-refractivity contribution is 14.1. The monoisotopic (exact) mass is 294 g/mol. The van der Waals surface area contributed by atoms with E-state index in [0.29, 0.717) is 6.79 Å². The molecule has 13 heavy (non-hydrogen) atoms. The molecule has 0 radical (unpaired) electrons. The van der Waals surface area contributed by atoms with Crippen LogP contribution in [0.4, 0.5) is 0 Å². The van der Waals surface area contributed by atoms with E-state index < -0.39 is 0 Å². The summed E-state index contributed by atoms with van der Waals surface area (Å²) < 4.78 is 11.9. The fourth-order valence-corrected chi connectivity index (χ4v) is 2.18. The van der Waals surface area contributed by atoms with Crippen LogP contribution in [0, 0.1) is 0 Å². The molecule has 0 bridgehead atoms. The summed E-state index contributed by atoms with van der Waals surface area (Å²) in [5.74, 6) is 0. The van der Waals surface area contributed by atoms with E-state index in [2.05, 4.69) is 47.7 Å². The number of hydrogen-bond acceptors (Lipinski definition) is 2. The quantitative estimate of drug-likeness (QED) is 0.586. The number of allylic oxidation sites excluding steroid dienone is 2. The number of rotatable bonds is 4. The minimum absolute atomic E-state index is 0.138. The fraction of sp³-hybridized carbons (Fsp3) is 0.600. The lowest BCUT2D eigenvalue weighted by molar-refractivity contribution is -0.108. The summed E-state index contributed by atoms with van der Waals surface area (Å²) in [5, 5.41) is 0. The zero-order chi connectivity index (χ0) is 9.73. The molecule has 0 saturated heterocycles. The molecular weight excluding hydrogens is 279 g/mol. The molecule has 0 aromatic heterocycles. The van der Waals surface area contributed by atoms with Crippen molar-refractivity contribution in [1.29, 1.82) is 0 Å². The summed E-state index contributed by atoms with van der Waals surface area (Å²) in [5.41, 5.74) is -0.138. The molecule has 0 spiro atoms. The van der Waals surface area contributed by atoms with Gasteiger partial charge in [-0.05, 0) is 41.5 Å². The smallest absolute Gasteiger partial charge is 0.147 e. The molecule has 0 N–H and O–H groups in total. The highest BCUT2D eigenvalue weighted by atomic mass is 127. The van der Waals surface area contributed by atoms with Gasteiger partial charge in [0.1, 0.15) is 6.79 Å². The van der Waals surface area contributed by atoms with Gasteiger partial charge in [-0.25, -0.2) is 0 Å². The Balaban J connectivity index is 2.65. The maximum atomic E-state index is 5.68. The van der Waals surface area contributed by atoms with Crippen LogP contribution in [0.2, 0.25) is 0 Å². The van der Waals surface area contributed by atoms with Crippen molar-refractivity contribution in [3.05, 3.63) is 21.8 Å². The normalized spacial score (nSPS) is 27.5. The van der Waals surface area contributed by atoms with Crippen LogP contribution in [0.25, 0.3) is 0 Å². The van der Waals surface area contributed by atoms with Gasteiger partial charge in [-0.1, -0.05) is 19.1 Å². The Labute approximate surface area is 93.1 Å². The largest absolute Gasteiger partial charge is 0.359 e. The second-order valence-corrected chi connectivity index (χ2v) is 4.35. The van der Waals surface area contributed by atoms with Gasteiger partial charge in [-0.2, -0.15) is 0 Å². The standard InChI is InChI=1S/C10H15IO2/c1-3-10(13-8-12-2)6-4-5-9(11)7-10/h4-5,7H,3,6,8H2,1-2H3.